The Morgan fingerprint density at radius 3 is 2.44 bits per heavy atom. The zero-order valence-electron chi connectivity index (χ0n) is 14.8. The van der Waals surface area contributed by atoms with Gasteiger partial charge < -0.3 is 15.8 Å². The fraction of sp³-hybridized carbons (Fsp3) is 0.150. The number of amides is 2. The number of nitrogens with two attached hydrogens (primary N) is 1. The molecule has 7 nitrogen and oxygen atoms in total. The number of anilines is 1. The fourth-order valence-electron chi connectivity index (χ4n) is 2.41. The molecule has 3 rings (SSSR count). The van der Waals surface area contributed by atoms with Gasteiger partial charge in [0.05, 0.1) is 12.3 Å². The minimum Gasteiger partial charge on any atom is -0.364 e. The van der Waals surface area contributed by atoms with Crippen LogP contribution in [-0.2, 0) is 16.1 Å². The van der Waals surface area contributed by atoms with Crippen LogP contribution in [0.1, 0.15) is 23.0 Å². The smallest absolute Gasteiger partial charge is 0.269 e. The van der Waals surface area contributed by atoms with Crippen molar-refractivity contribution in [3.63, 3.8) is 0 Å². The van der Waals surface area contributed by atoms with Crippen LogP contribution in [0.25, 0.3) is 5.69 Å². The third-order valence-corrected chi connectivity index (χ3v) is 3.95. The number of nitrogens with one attached hydrogen (secondary N) is 1. The van der Waals surface area contributed by atoms with E-state index in [2.05, 4.69) is 10.4 Å². The van der Waals surface area contributed by atoms with Gasteiger partial charge in [0.25, 0.3) is 11.8 Å². The second-order valence-corrected chi connectivity index (χ2v) is 5.98. The Labute approximate surface area is 156 Å². The van der Waals surface area contributed by atoms with E-state index >= 15 is 0 Å². The van der Waals surface area contributed by atoms with Crippen molar-refractivity contribution in [2.75, 3.05) is 5.32 Å². The molecule has 0 aliphatic heterocycles. The van der Waals surface area contributed by atoms with Gasteiger partial charge in [-0.15, -0.1) is 0 Å². The molecule has 0 bridgehead atoms. The number of carbonyl (C=O) groups is 2. The maximum atomic E-state index is 12.3. The number of hydrogen-bond donors (Lipinski definition) is 2. The standard InChI is InChI=1S/C20H20N4O3/c1-14(27-13-15-5-3-2-4-6-15)20(26)22-16-7-9-17(10-8-16)24-12-11-18(23-24)19(21)25/h2-12,14H,13H2,1H3,(H2,21,25)(H,22,26). The molecule has 1 heterocycles. The van der Waals surface area contributed by atoms with Crippen molar-refractivity contribution in [1.82, 2.24) is 9.78 Å². The third-order valence-electron chi connectivity index (χ3n) is 3.95. The van der Waals surface area contributed by atoms with Crippen molar-refractivity contribution in [2.45, 2.75) is 19.6 Å². The molecule has 0 saturated carbocycles. The average molecular weight is 364 g/mol. The van der Waals surface area contributed by atoms with Gasteiger partial charge in [0.15, 0.2) is 0 Å². The summed E-state index contributed by atoms with van der Waals surface area (Å²) in [4.78, 5) is 23.4. The molecule has 27 heavy (non-hydrogen) atoms. The quantitative estimate of drug-likeness (QED) is 0.673. The van der Waals surface area contributed by atoms with E-state index in [1.165, 1.54) is 4.68 Å². The summed E-state index contributed by atoms with van der Waals surface area (Å²) in [5.74, 6) is -0.809. The Morgan fingerprint density at radius 1 is 1.11 bits per heavy atom. The topological polar surface area (TPSA) is 99.2 Å². The number of rotatable bonds is 7. The second kappa shape index (κ2) is 8.29. The minimum atomic E-state index is -0.589. The van der Waals surface area contributed by atoms with E-state index in [4.69, 9.17) is 10.5 Å². The van der Waals surface area contributed by atoms with Crippen molar-refractivity contribution in [1.29, 1.82) is 0 Å². The Kier molecular flexibility index (Phi) is 5.63. The molecule has 2 aromatic carbocycles. The summed E-state index contributed by atoms with van der Waals surface area (Å²) < 4.78 is 7.15. The van der Waals surface area contributed by atoms with Gasteiger partial charge in [0.1, 0.15) is 11.8 Å². The Bertz CT molecular complexity index is 920. The van der Waals surface area contributed by atoms with Crippen LogP contribution in [0.4, 0.5) is 5.69 Å². The van der Waals surface area contributed by atoms with Crippen molar-refractivity contribution in [2.24, 2.45) is 5.73 Å². The first-order chi connectivity index (χ1) is 13.0. The van der Waals surface area contributed by atoms with Crippen LogP contribution in [0.2, 0.25) is 0 Å². The first-order valence-corrected chi connectivity index (χ1v) is 8.45. The summed E-state index contributed by atoms with van der Waals surface area (Å²) in [5.41, 5.74) is 7.79. The van der Waals surface area contributed by atoms with Gasteiger partial charge in [-0.3, -0.25) is 9.59 Å². The molecule has 0 saturated heterocycles. The van der Waals surface area contributed by atoms with Crippen molar-refractivity contribution in [3.05, 3.63) is 78.1 Å². The van der Waals surface area contributed by atoms with Gasteiger partial charge >= 0.3 is 0 Å². The third kappa shape index (κ3) is 4.80. The molecule has 1 aromatic heterocycles. The Balaban J connectivity index is 1.56. The van der Waals surface area contributed by atoms with E-state index in [1.807, 2.05) is 30.3 Å². The van der Waals surface area contributed by atoms with Crippen LogP contribution < -0.4 is 11.1 Å². The highest BCUT2D eigenvalue weighted by molar-refractivity contribution is 5.94. The maximum absolute atomic E-state index is 12.3. The molecule has 7 heteroatoms. The summed E-state index contributed by atoms with van der Waals surface area (Å²) >= 11 is 0. The van der Waals surface area contributed by atoms with Crippen LogP contribution in [-0.4, -0.2) is 27.7 Å². The number of primary amides is 1. The van der Waals surface area contributed by atoms with Crippen LogP contribution in [0, 0.1) is 0 Å². The largest absolute Gasteiger partial charge is 0.364 e. The molecule has 1 unspecified atom stereocenters. The highest BCUT2D eigenvalue weighted by atomic mass is 16.5. The molecule has 0 spiro atoms. The fourth-order valence-corrected chi connectivity index (χ4v) is 2.41. The van der Waals surface area contributed by atoms with Crippen molar-refractivity contribution < 1.29 is 14.3 Å². The average Bonchev–Trinajstić information content (AvgIpc) is 3.18. The number of nitrogens with zero attached hydrogens (tertiary/aromatic N) is 2. The lowest BCUT2D eigenvalue weighted by Crippen LogP contribution is -2.27. The summed E-state index contributed by atoms with van der Waals surface area (Å²) in [7, 11) is 0. The van der Waals surface area contributed by atoms with Crippen LogP contribution in [0.15, 0.2) is 66.9 Å². The number of benzene rings is 2. The van der Waals surface area contributed by atoms with E-state index in [9.17, 15) is 9.59 Å². The SMILES string of the molecule is CC(OCc1ccccc1)C(=O)Nc1ccc(-n2ccc(C(N)=O)n2)cc1. The lowest BCUT2D eigenvalue weighted by atomic mass is 10.2. The summed E-state index contributed by atoms with van der Waals surface area (Å²) in [6.07, 6.45) is 1.06. The molecule has 0 aliphatic rings. The first-order valence-electron chi connectivity index (χ1n) is 8.45. The van der Waals surface area contributed by atoms with Gasteiger partial charge in [-0.25, -0.2) is 4.68 Å². The lowest BCUT2D eigenvalue weighted by molar-refractivity contribution is -0.127. The van der Waals surface area contributed by atoms with E-state index in [1.54, 1.807) is 43.5 Å². The molecule has 0 aliphatic carbocycles. The monoisotopic (exact) mass is 364 g/mol. The number of hydrogen-bond acceptors (Lipinski definition) is 4. The van der Waals surface area contributed by atoms with E-state index in [0.717, 1.165) is 11.3 Å². The maximum Gasteiger partial charge on any atom is 0.269 e. The van der Waals surface area contributed by atoms with Crippen molar-refractivity contribution in [3.8, 4) is 5.69 Å². The zero-order chi connectivity index (χ0) is 19.2. The van der Waals surface area contributed by atoms with Crippen LogP contribution >= 0.6 is 0 Å². The lowest BCUT2D eigenvalue weighted by Gasteiger charge is -2.14. The predicted octanol–water partition coefficient (Wildman–Crippen LogP) is 2.52. The number of ether oxygens (including phenoxy) is 1. The number of aromatic nitrogens is 2. The normalized spacial score (nSPS) is 11.7. The van der Waals surface area contributed by atoms with Gasteiger partial charge in [0.2, 0.25) is 0 Å². The highest BCUT2D eigenvalue weighted by Crippen LogP contribution is 2.14. The summed E-state index contributed by atoms with van der Waals surface area (Å²) in [5, 5.41) is 6.90. The van der Waals surface area contributed by atoms with E-state index < -0.39 is 12.0 Å². The predicted molar refractivity (Wildman–Crippen MR) is 101 cm³/mol. The second-order valence-electron chi connectivity index (χ2n) is 5.98. The molecule has 1 atom stereocenters. The van der Waals surface area contributed by atoms with Crippen LogP contribution in [0.5, 0.6) is 0 Å². The van der Waals surface area contributed by atoms with Crippen LogP contribution in [0.3, 0.4) is 0 Å². The first kappa shape index (κ1) is 18.3. The van der Waals surface area contributed by atoms with Gasteiger partial charge in [-0.05, 0) is 42.8 Å². The van der Waals surface area contributed by atoms with Gasteiger partial charge in [0, 0.05) is 11.9 Å². The minimum absolute atomic E-state index is 0.191. The highest BCUT2D eigenvalue weighted by Gasteiger charge is 2.14. The molecule has 0 fully saturated rings. The zero-order valence-corrected chi connectivity index (χ0v) is 14.8. The Morgan fingerprint density at radius 2 is 1.81 bits per heavy atom. The number of carbonyl (C=O) groups excluding carboxylic acids is 2. The summed E-state index contributed by atoms with van der Waals surface area (Å²) in [6, 6.07) is 18.3. The van der Waals surface area contributed by atoms with E-state index in [-0.39, 0.29) is 11.6 Å². The molecule has 3 N–H and O–H groups in total. The molecule has 3 aromatic rings. The van der Waals surface area contributed by atoms with Gasteiger partial charge in [-0.2, -0.15) is 5.10 Å². The summed E-state index contributed by atoms with van der Waals surface area (Å²) in [6.45, 7) is 2.08. The van der Waals surface area contributed by atoms with Gasteiger partial charge in [-0.1, -0.05) is 30.3 Å². The Hall–Kier alpha value is -3.45. The van der Waals surface area contributed by atoms with Crippen molar-refractivity contribution >= 4 is 17.5 Å². The molecule has 138 valence electrons. The molecule has 2 amide bonds. The van der Waals surface area contributed by atoms with E-state index in [0.29, 0.717) is 12.3 Å². The molecular formula is C20H20N4O3. The molecular weight excluding hydrogens is 344 g/mol. The molecule has 0 radical (unpaired) electrons.